The summed E-state index contributed by atoms with van der Waals surface area (Å²) >= 11 is 0. The number of hydrogen-bond donors (Lipinski definition) is 1. The van der Waals surface area contributed by atoms with Gasteiger partial charge in [-0.2, -0.15) is 0 Å². The second-order valence-corrected chi connectivity index (χ2v) is 4.44. The van der Waals surface area contributed by atoms with Crippen LogP contribution in [0.5, 0.6) is 5.75 Å². The van der Waals surface area contributed by atoms with Crippen molar-refractivity contribution < 1.29 is 4.74 Å². The number of benzene rings is 2. The Bertz CT molecular complexity index is 746. The molecule has 19 heavy (non-hydrogen) atoms. The molecule has 0 bridgehead atoms. The van der Waals surface area contributed by atoms with Gasteiger partial charge in [0.05, 0.1) is 23.7 Å². The van der Waals surface area contributed by atoms with Gasteiger partial charge in [0.25, 0.3) is 0 Å². The van der Waals surface area contributed by atoms with Gasteiger partial charge >= 0.3 is 0 Å². The van der Waals surface area contributed by atoms with E-state index in [1.165, 1.54) is 0 Å². The van der Waals surface area contributed by atoms with E-state index in [-0.39, 0.29) is 0 Å². The number of nitrogen functional groups attached to an aromatic ring is 1. The van der Waals surface area contributed by atoms with Gasteiger partial charge in [-0.25, -0.2) is 4.98 Å². The van der Waals surface area contributed by atoms with E-state index in [0.29, 0.717) is 5.69 Å². The molecular weight excluding hydrogens is 238 g/mol. The van der Waals surface area contributed by atoms with Crippen molar-refractivity contribution in [2.45, 2.75) is 0 Å². The molecule has 3 rings (SSSR count). The highest BCUT2D eigenvalue weighted by molar-refractivity contribution is 5.82. The van der Waals surface area contributed by atoms with Crippen LogP contribution in [0.25, 0.3) is 22.4 Å². The molecule has 0 spiro atoms. The average molecular weight is 253 g/mol. The lowest BCUT2D eigenvalue weighted by atomic mass is 10.1. The lowest BCUT2D eigenvalue weighted by Gasteiger charge is -2.09. The lowest BCUT2D eigenvalue weighted by Crippen LogP contribution is -1.97. The Hall–Kier alpha value is -2.49. The summed E-state index contributed by atoms with van der Waals surface area (Å²) in [7, 11) is 3.64. The maximum atomic E-state index is 5.87. The molecule has 1 heterocycles. The number of anilines is 1. The normalized spacial score (nSPS) is 10.8. The molecule has 0 atom stereocenters. The number of ether oxygens (including phenoxy) is 1. The predicted molar refractivity (Wildman–Crippen MR) is 77.1 cm³/mol. The van der Waals surface area contributed by atoms with Crippen molar-refractivity contribution in [2.75, 3.05) is 12.8 Å². The first-order valence-electron chi connectivity index (χ1n) is 6.06. The smallest absolute Gasteiger partial charge is 0.144 e. The number of aromatic nitrogens is 2. The van der Waals surface area contributed by atoms with Crippen LogP contribution in [0.4, 0.5) is 5.69 Å². The molecule has 2 aromatic carbocycles. The Morgan fingerprint density at radius 2 is 1.95 bits per heavy atom. The fourth-order valence-electron chi connectivity index (χ4n) is 2.29. The highest BCUT2D eigenvalue weighted by Gasteiger charge is 2.13. The van der Waals surface area contributed by atoms with Gasteiger partial charge in [-0.3, -0.25) is 0 Å². The Balaban J connectivity index is 2.30. The zero-order valence-electron chi connectivity index (χ0n) is 10.9. The molecule has 0 saturated carbocycles. The Labute approximate surface area is 111 Å². The van der Waals surface area contributed by atoms with Gasteiger partial charge in [0, 0.05) is 12.7 Å². The molecule has 0 aliphatic heterocycles. The first-order valence-corrected chi connectivity index (χ1v) is 6.06. The lowest BCUT2D eigenvalue weighted by molar-refractivity contribution is 0.416. The first kappa shape index (κ1) is 11.6. The van der Waals surface area contributed by atoms with E-state index in [1.807, 2.05) is 54.1 Å². The van der Waals surface area contributed by atoms with Crippen LogP contribution in [0.1, 0.15) is 0 Å². The minimum absolute atomic E-state index is 0.697. The molecule has 3 aromatic rings. The highest BCUT2D eigenvalue weighted by Crippen LogP contribution is 2.32. The van der Waals surface area contributed by atoms with Gasteiger partial charge < -0.3 is 15.0 Å². The summed E-state index contributed by atoms with van der Waals surface area (Å²) in [6.07, 6.45) is 0. The van der Waals surface area contributed by atoms with Crippen molar-refractivity contribution in [3.63, 3.8) is 0 Å². The van der Waals surface area contributed by atoms with Crippen LogP contribution >= 0.6 is 0 Å². The first-order chi connectivity index (χ1) is 9.20. The monoisotopic (exact) mass is 253 g/mol. The third-order valence-corrected chi connectivity index (χ3v) is 3.25. The number of aryl methyl sites for hydroxylation is 1. The third kappa shape index (κ3) is 1.81. The number of nitrogens with zero attached hydrogens (tertiary/aromatic N) is 2. The zero-order valence-corrected chi connectivity index (χ0v) is 10.9. The fraction of sp³-hybridized carbons (Fsp3) is 0.133. The van der Waals surface area contributed by atoms with Crippen LogP contribution in [-0.4, -0.2) is 16.7 Å². The number of rotatable bonds is 2. The van der Waals surface area contributed by atoms with Crippen LogP contribution in [0.2, 0.25) is 0 Å². The largest absolute Gasteiger partial charge is 0.496 e. The second-order valence-electron chi connectivity index (χ2n) is 4.44. The zero-order chi connectivity index (χ0) is 13.4. The Kier molecular flexibility index (Phi) is 2.63. The van der Waals surface area contributed by atoms with Gasteiger partial charge in [0.15, 0.2) is 0 Å². The van der Waals surface area contributed by atoms with Crippen LogP contribution in [0.3, 0.4) is 0 Å². The Morgan fingerprint density at radius 3 is 2.68 bits per heavy atom. The molecule has 0 radical (unpaired) electrons. The number of methoxy groups -OCH3 is 1. The van der Waals surface area contributed by atoms with E-state index in [4.69, 9.17) is 10.5 Å². The number of nitrogens with two attached hydrogens (primary N) is 1. The molecule has 0 aliphatic rings. The maximum absolute atomic E-state index is 5.87. The van der Waals surface area contributed by atoms with Crippen LogP contribution in [0, 0.1) is 0 Å². The summed E-state index contributed by atoms with van der Waals surface area (Å²) in [6, 6.07) is 13.6. The minimum Gasteiger partial charge on any atom is -0.496 e. The number of hydrogen-bond acceptors (Lipinski definition) is 3. The van der Waals surface area contributed by atoms with Gasteiger partial charge in [-0.05, 0) is 30.3 Å². The summed E-state index contributed by atoms with van der Waals surface area (Å²) in [5.74, 6) is 1.62. The number of fused-ring (bicyclic) bond motifs is 1. The van der Waals surface area contributed by atoms with E-state index in [2.05, 4.69) is 4.98 Å². The third-order valence-electron chi connectivity index (χ3n) is 3.25. The molecule has 4 nitrogen and oxygen atoms in total. The van der Waals surface area contributed by atoms with Gasteiger partial charge in [0.1, 0.15) is 11.6 Å². The molecule has 0 saturated heterocycles. The van der Waals surface area contributed by atoms with Gasteiger partial charge in [-0.1, -0.05) is 12.1 Å². The molecule has 0 unspecified atom stereocenters. The van der Waals surface area contributed by atoms with Crippen molar-refractivity contribution in [3.05, 3.63) is 42.5 Å². The molecule has 0 aliphatic carbocycles. The summed E-state index contributed by atoms with van der Waals surface area (Å²) in [4.78, 5) is 4.66. The van der Waals surface area contributed by atoms with Crippen molar-refractivity contribution >= 4 is 16.7 Å². The average Bonchev–Trinajstić information content (AvgIpc) is 2.76. The van der Waals surface area contributed by atoms with Crippen LogP contribution in [0.15, 0.2) is 42.5 Å². The molecular formula is C15H15N3O. The van der Waals surface area contributed by atoms with Gasteiger partial charge in [0.2, 0.25) is 0 Å². The molecule has 0 fully saturated rings. The van der Waals surface area contributed by atoms with E-state index in [0.717, 1.165) is 28.2 Å². The van der Waals surface area contributed by atoms with Crippen molar-refractivity contribution in [1.82, 2.24) is 9.55 Å². The molecule has 1 aromatic heterocycles. The second kappa shape index (κ2) is 4.31. The number of para-hydroxylation sites is 2. The molecule has 96 valence electrons. The van der Waals surface area contributed by atoms with E-state index >= 15 is 0 Å². The number of imidazole rings is 1. The molecule has 2 N–H and O–H groups in total. The summed E-state index contributed by atoms with van der Waals surface area (Å²) in [5, 5.41) is 0. The predicted octanol–water partition coefficient (Wildman–Crippen LogP) is 2.83. The quantitative estimate of drug-likeness (QED) is 0.714. The standard InChI is InChI=1S/C15H15N3O/c1-18-13-6-4-3-5-12(13)17-15(18)11-9-10(16)7-8-14(11)19-2/h3-9H,16H2,1-2H3. The Morgan fingerprint density at radius 1 is 1.16 bits per heavy atom. The van der Waals surface area contributed by atoms with Crippen LogP contribution < -0.4 is 10.5 Å². The van der Waals surface area contributed by atoms with E-state index < -0.39 is 0 Å². The molecule has 0 amide bonds. The topological polar surface area (TPSA) is 53.1 Å². The van der Waals surface area contributed by atoms with Crippen molar-refractivity contribution in [2.24, 2.45) is 7.05 Å². The van der Waals surface area contributed by atoms with Crippen LogP contribution in [-0.2, 0) is 7.05 Å². The van der Waals surface area contributed by atoms with Crippen molar-refractivity contribution in [3.8, 4) is 17.1 Å². The SMILES string of the molecule is COc1ccc(N)cc1-c1nc2ccccc2n1C. The fourth-order valence-corrected chi connectivity index (χ4v) is 2.29. The summed E-state index contributed by atoms with van der Waals surface area (Å²) in [6.45, 7) is 0. The maximum Gasteiger partial charge on any atom is 0.144 e. The summed E-state index contributed by atoms with van der Waals surface area (Å²) < 4.78 is 7.45. The molecule has 4 heteroatoms. The highest BCUT2D eigenvalue weighted by atomic mass is 16.5. The van der Waals surface area contributed by atoms with E-state index in [1.54, 1.807) is 7.11 Å². The van der Waals surface area contributed by atoms with E-state index in [9.17, 15) is 0 Å². The van der Waals surface area contributed by atoms with Gasteiger partial charge in [-0.15, -0.1) is 0 Å². The summed E-state index contributed by atoms with van der Waals surface area (Å²) in [5.41, 5.74) is 9.52. The minimum atomic E-state index is 0.697. The van der Waals surface area contributed by atoms with Crippen molar-refractivity contribution in [1.29, 1.82) is 0 Å².